The van der Waals surface area contributed by atoms with Gasteiger partial charge in [0.2, 0.25) is 0 Å². The van der Waals surface area contributed by atoms with Crippen LogP contribution in [-0.4, -0.2) is 4.57 Å². The number of hydrogen-bond acceptors (Lipinski definition) is 1. The van der Waals surface area contributed by atoms with Crippen LogP contribution in [0.3, 0.4) is 0 Å². The zero-order chi connectivity index (χ0) is 17.9. The van der Waals surface area contributed by atoms with Crippen molar-refractivity contribution in [1.29, 1.82) is 0 Å². The van der Waals surface area contributed by atoms with Crippen molar-refractivity contribution in [2.24, 2.45) is 0 Å². The summed E-state index contributed by atoms with van der Waals surface area (Å²) in [5.74, 6) is 0. The lowest BCUT2D eigenvalue weighted by molar-refractivity contribution is 0.794. The van der Waals surface area contributed by atoms with Crippen LogP contribution in [0.4, 0.5) is 0 Å². The summed E-state index contributed by atoms with van der Waals surface area (Å²) in [5.41, 5.74) is 3.54. The number of fused-ring (bicyclic) bond motifs is 3. The normalized spacial score (nSPS) is 11.3. The molecule has 0 bridgehead atoms. The van der Waals surface area contributed by atoms with E-state index in [1.807, 2.05) is 34.9 Å². The number of nitrogens with zero attached hydrogens (tertiary/aromatic N) is 1. The summed E-state index contributed by atoms with van der Waals surface area (Å²) in [5, 5.41) is 3.03. The monoisotopic (exact) mass is 341 g/mol. The molecule has 0 saturated heterocycles. The molecule has 0 unspecified atom stereocenters. The Morgan fingerprint density at radius 2 is 1.54 bits per heavy atom. The number of aryl methyl sites for hydroxylation is 1. The van der Waals surface area contributed by atoms with Gasteiger partial charge < -0.3 is 4.57 Å². The third-order valence-electron chi connectivity index (χ3n) is 5.05. The second-order valence-electron chi connectivity index (χ2n) is 6.88. The molecule has 0 fully saturated rings. The van der Waals surface area contributed by atoms with E-state index in [0.29, 0.717) is 6.54 Å². The van der Waals surface area contributed by atoms with Crippen LogP contribution in [0, 0.1) is 0 Å². The second-order valence-corrected chi connectivity index (χ2v) is 6.88. The molecule has 2 nitrogen and oxygen atoms in total. The minimum atomic E-state index is 0.0876. The maximum absolute atomic E-state index is 13.2. The minimum absolute atomic E-state index is 0.0876. The van der Waals surface area contributed by atoms with Gasteiger partial charge in [0.05, 0.1) is 12.1 Å². The number of rotatable bonds is 5. The van der Waals surface area contributed by atoms with Crippen LogP contribution < -0.4 is 5.56 Å². The van der Waals surface area contributed by atoms with Crippen molar-refractivity contribution in [1.82, 2.24) is 4.57 Å². The van der Waals surface area contributed by atoms with E-state index in [1.54, 1.807) is 0 Å². The van der Waals surface area contributed by atoms with E-state index < -0.39 is 0 Å². The first-order valence-corrected chi connectivity index (χ1v) is 9.36. The number of para-hydroxylation sites is 1. The first kappa shape index (κ1) is 16.6. The van der Waals surface area contributed by atoms with Gasteiger partial charge in [-0.05, 0) is 41.5 Å². The molecule has 0 spiro atoms. The van der Waals surface area contributed by atoms with Gasteiger partial charge in [0.15, 0.2) is 0 Å². The maximum Gasteiger partial charge on any atom is 0.259 e. The highest BCUT2D eigenvalue weighted by atomic mass is 16.1. The van der Waals surface area contributed by atoms with Crippen molar-refractivity contribution in [2.45, 2.75) is 32.7 Å². The lowest BCUT2D eigenvalue weighted by Gasteiger charge is -2.14. The summed E-state index contributed by atoms with van der Waals surface area (Å²) < 4.78 is 1.90. The molecule has 0 aliphatic heterocycles. The quantitative estimate of drug-likeness (QED) is 0.436. The first-order valence-electron chi connectivity index (χ1n) is 9.36. The highest BCUT2D eigenvalue weighted by Crippen LogP contribution is 2.25. The molecule has 0 atom stereocenters. The average Bonchev–Trinajstić information content (AvgIpc) is 2.70. The van der Waals surface area contributed by atoms with Gasteiger partial charge in [0.1, 0.15) is 0 Å². The first-order chi connectivity index (χ1) is 12.8. The number of aromatic nitrogens is 1. The summed E-state index contributed by atoms with van der Waals surface area (Å²) in [6.45, 7) is 2.80. The topological polar surface area (TPSA) is 22.0 Å². The van der Waals surface area contributed by atoms with Gasteiger partial charge >= 0.3 is 0 Å². The van der Waals surface area contributed by atoms with Gasteiger partial charge in [-0.25, -0.2) is 0 Å². The van der Waals surface area contributed by atoms with E-state index in [0.717, 1.165) is 33.7 Å². The third-order valence-corrected chi connectivity index (χ3v) is 5.05. The van der Waals surface area contributed by atoms with E-state index in [2.05, 4.69) is 49.4 Å². The van der Waals surface area contributed by atoms with E-state index >= 15 is 0 Å². The maximum atomic E-state index is 13.2. The van der Waals surface area contributed by atoms with Crippen LogP contribution in [0.15, 0.2) is 77.6 Å². The third kappa shape index (κ3) is 3.03. The smallest absolute Gasteiger partial charge is 0.259 e. The molecule has 0 aliphatic rings. The zero-order valence-electron chi connectivity index (χ0n) is 15.1. The average molecular weight is 341 g/mol. The van der Waals surface area contributed by atoms with Gasteiger partial charge in [-0.15, -0.1) is 0 Å². The highest BCUT2D eigenvalue weighted by Gasteiger charge is 2.11. The summed E-state index contributed by atoms with van der Waals surface area (Å²) in [7, 11) is 0. The second kappa shape index (κ2) is 7.17. The lowest BCUT2D eigenvalue weighted by Crippen LogP contribution is -2.21. The predicted molar refractivity (Wildman–Crippen MR) is 110 cm³/mol. The fourth-order valence-electron chi connectivity index (χ4n) is 3.65. The van der Waals surface area contributed by atoms with Crippen LogP contribution in [-0.2, 0) is 13.0 Å². The Balaban J connectivity index is 1.95. The van der Waals surface area contributed by atoms with Crippen molar-refractivity contribution in [3.8, 4) is 0 Å². The SMILES string of the molecule is CCCCc1ccc2c(=O)n(Cc3ccccc3)c3ccccc3c2c1. The van der Waals surface area contributed by atoms with E-state index in [4.69, 9.17) is 0 Å². The lowest BCUT2D eigenvalue weighted by atomic mass is 10.0. The van der Waals surface area contributed by atoms with Gasteiger partial charge in [0.25, 0.3) is 5.56 Å². The summed E-state index contributed by atoms with van der Waals surface area (Å²) in [6, 6.07) is 24.8. The number of benzene rings is 3. The largest absolute Gasteiger partial charge is 0.303 e. The number of hydrogen-bond donors (Lipinski definition) is 0. The van der Waals surface area contributed by atoms with Crippen LogP contribution >= 0.6 is 0 Å². The molecule has 0 aliphatic carbocycles. The Bertz CT molecular complexity index is 1110. The fourth-order valence-corrected chi connectivity index (χ4v) is 3.65. The van der Waals surface area contributed by atoms with Gasteiger partial charge in [-0.2, -0.15) is 0 Å². The molecular weight excluding hydrogens is 318 g/mol. The molecule has 1 aromatic heterocycles. The fraction of sp³-hybridized carbons (Fsp3) is 0.208. The van der Waals surface area contributed by atoms with Crippen LogP contribution in [0.1, 0.15) is 30.9 Å². The molecule has 0 saturated carbocycles. The van der Waals surface area contributed by atoms with Crippen LogP contribution in [0.2, 0.25) is 0 Å². The van der Waals surface area contributed by atoms with Gasteiger partial charge in [-0.1, -0.05) is 74.0 Å². The molecule has 0 N–H and O–H groups in total. The van der Waals surface area contributed by atoms with E-state index in [1.165, 1.54) is 18.4 Å². The van der Waals surface area contributed by atoms with Gasteiger partial charge in [0, 0.05) is 10.8 Å². The van der Waals surface area contributed by atoms with E-state index in [9.17, 15) is 4.79 Å². The van der Waals surface area contributed by atoms with Crippen molar-refractivity contribution in [3.63, 3.8) is 0 Å². The van der Waals surface area contributed by atoms with Crippen molar-refractivity contribution in [2.75, 3.05) is 0 Å². The van der Waals surface area contributed by atoms with Crippen molar-refractivity contribution < 1.29 is 0 Å². The zero-order valence-corrected chi connectivity index (χ0v) is 15.1. The predicted octanol–water partition coefficient (Wildman–Crippen LogP) is 5.55. The van der Waals surface area contributed by atoms with Crippen LogP contribution in [0.25, 0.3) is 21.7 Å². The Morgan fingerprint density at radius 3 is 2.35 bits per heavy atom. The van der Waals surface area contributed by atoms with Crippen molar-refractivity contribution >= 4 is 21.7 Å². The molecule has 3 aromatic carbocycles. The minimum Gasteiger partial charge on any atom is -0.303 e. The molecule has 130 valence electrons. The molecular formula is C24H23NO. The molecule has 1 heterocycles. The highest BCUT2D eigenvalue weighted by molar-refractivity contribution is 6.05. The molecule has 2 heteroatoms. The Morgan fingerprint density at radius 1 is 0.769 bits per heavy atom. The molecule has 0 amide bonds. The molecule has 26 heavy (non-hydrogen) atoms. The Kier molecular flexibility index (Phi) is 4.57. The van der Waals surface area contributed by atoms with Crippen LogP contribution in [0.5, 0.6) is 0 Å². The summed E-state index contributed by atoms with van der Waals surface area (Å²) in [6.07, 6.45) is 3.42. The molecule has 4 aromatic rings. The van der Waals surface area contributed by atoms with Gasteiger partial charge in [-0.3, -0.25) is 4.79 Å². The van der Waals surface area contributed by atoms with Crippen molar-refractivity contribution in [3.05, 3.63) is 94.3 Å². The molecule has 0 radical (unpaired) electrons. The summed E-state index contributed by atoms with van der Waals surface area (Å²) in [4.78, 5) is 13.2. The standard InChI is InChI=1S/C24H23NO/c1-2-3-9-18-14-15-21-22(16-18)20-12-7-8-13-23(20)25(24(21)26)17-19-10-5-4-6-11-19/h4-8,10-16H,2-3,9,17H2,1H3. The number of pyridine rings is 1. The number of unbranched alkanes of at least 4 members (excludes halogenated alkanes) is 1. The summed E-state index contributed by atoms with van der Waals surface area (Å²) >= 11 is 0. The molecule has 4 rings (SSSR count). The Labute approximate surface area is 153 Å². The van der Waals surface area contributed by atoms with E-state index in [-0.39, 0.29) is 5.56 Å². The Hall–Kier alpha value is -2.87.